The van der Waals surface area contributed by atoms with Gasteiger partial charge in [-0.25, -0.2) is 0 Å². The maximum atomic E-state index is 11.8. The molecule has 1 aromatic heterocycles. The molecule has 0 aromatic carbocycles. The molecule has 2 nitrogen and oxygen atoms in total. The van der Waals surface area contributed by atoms with Crippen molar-refractivity contribution in [2.75, 3.05) is 0 Å². The SMILES string of the molecule is O=C(C[n+]1ccccc1)C(F)(F)F.[Br-]. The number of carbonyl (C=O) groups is 1. The molecule has 0 fully saturated rings. The zero-order valence-electron chi connectivity index (χ0n) is 6.96. The number of ketones is 1. The standard InChI is InChI=1S/C8H7F3NO.BrH/c9-8(10,11)7(13)6-12-4-2-1-3-5-12;/h1-5H,6H2;1H/q+1;/p-1. The van der Waals surface area contributed by atoms with E-state index in [2.05, 4.69) is 0 Å². The summed E-state index contributed by atoms with van der Waals surface area (Å²) in [5.74, 6) is -1.75. The second-order valence-electron chi connectivity index (χ2n) is 2.47. The Kier molecular flexibility index (Phi) is 4.76. The lowest BCUT2D eigenvalue weighted by Crippen LogP contribution is -3.00. The number of hydrogen-bond donors (Lipinski definition) is 0. The molecule has 1 heterocycles. The molecule has 0 N–H and O–H groups in total. The highest BCUT2D eigenvalue weighted by molar-refractivity contribution is 5.82. The molecule has 0 aliphatic heterocycles. The van der Waals surface area contributed by atoms with Gasteiger partial charge >= 0.3 is 12.0 Å². The molecule has 0 unspecified atom stereocenters. The first-order valence-corrected chi connectivity index (χ1v) is 3.54. The van der Waals surface area contributed by atoms with Gasteiger partial charge < -0.3 is 17.0 Å². The number of nitrogens with zero attached hydrogens (tertiary/aromatic N) is 1. The largest absolute Gasteiger partial charge is 1.00 e. The highest BCUT2D eigenvalue weighted by atomic mass is 79.9. The minimum atomic E-state index is -4.75. The van der Waals surface area contributed by atoms with Crippen molar-refractivity contribution in [2.24, 2.45) is 0 Å². The second-order valence-corrected chi connectivity index (χ2v) is 2.47. The van der Waals surface area contributed by atoms with Crippen molar-refractivity contribution >= 4 is 5.78 Å². The van der Waals surface area contributed by atoms with Crippen LogP contribution in [0.4, 0.5) is 13.2 Å². The predicted octanol–water partition coefficient (Wildman–Crippen LogP) is -1.89. The van der Waals surface area contributed by atoms with E-state index in [0.717, 1.165) is 0 Å². The molecule has 0 atom stereocenters. The van der Waals surface area contributed by atoms with Crippen LogP contribution in [0.15, 0.2) is 30.6 Å². The van der Waals surface area contributed by atoms with E-state index in [0.29, 0.717) is 0 Å². The Morgan fingerprint density at radius 1 is 1.14 bits per heavy atom. The summed E-state index contributed by atoms with van der Waals surface area (Å²) in [6.45, 7) is -0.662. The molecule has 0 saturated carbocycles. The summed E-state index contributed by atoms with van der Waals surface area (Å²) < 4.78 is 36.5. The normalized spacial score (nSPS) is 10.5. The molecule has 1 aromatic rings. The van der Waals surface area contributed by atoms with Crippen LogP contribution in [-0.2, 0) is 11.3 Å². The Bertz CT molecular complexity index is 299. The summed E-state index contributed by atoms with van der Waals surface area (Å²) in [7, 11) is 0. The molecule has 0 amide bonds. The van der Waals surface area contributed by atoms with Crippen molar-refractivity contribution in [3.8, 4) is 0 Å². The van der Waals surface area contributed by atoms with Gasteiger partial charge in [-0.3, -0.25) is 4.79 Å². The average molecular weight is 270 g/mol. The molecule has 14 heavy (non-hydrogen) atoms. The van der Waals surface area contributed by atoms with Crippen LogP contribution in [0.25, 0.3) is 0 Å². The lowest BCUT2D eigenvalue weighted by molar-refractivity contribution is -0.685. The zero-order valence-corrected chi connectivity index (χ0v) is 8.55. The Balaban J connectivity index is 0.00000169. The van der Waals surface area contributed by atoms with E-state index in [4.69, 9.17) is 0 Å². The minimum absolute atomic E-state index is 0. The molecule has 6 heteroatoms. The van der Waals surface area contributed by atoms with E-state index in [1.54, 1.807) is 18.2 Å². The van der Waals surface area contributed by atoms with Gasteiger partial charge in [0.1, 0.15) is 0 Å². The van der Waals surface area contributed by atoms with Gasteiger partial charge in [-0.15, -0.1) is 0 Å². The van der Waals surface area contributed by atoms with Gasteiger partial charge in [0.05, 0.1) is 0 Å². The fourth-order valence-corrected chi connectivity index (χ4v) is 0.795. The van der Waals surface area contributed by atoms with Crippen LogP contribution in [0.1, 0.15) is 0 Å². The molecule has 0 saturated heterocycles. The van der Waals surface area contributed by atoms with Gasteiger partial charge in [0.2, 0.25) is 6.54 Å². The number of rotatable bonds is 2. The molecule has 0 spiro atoms. The molecule has 0 bridgehead atoms. The van der Waals surface area contributed by atoms with Gasteiger partial charge in [0, 0.05) is 12.1 Å². The van der Waals surface area contributed by atoms with E-state index in [9.17, 15) is 18.0 Å². The lowest BCUT2D eigenvalue weighted by Gasteiger charge is -2.00. The first kappa shape index (κ1) is 13.1. The fourth-order valence-electron chi connectivity index (χ4n) is 0.795. The van der Waals surface area contributed by atoms with Crippen LogP contribution in [-0.4, -0.2) is 12.0 Å². The van der Waals surface area contributed by atoms with E-state index in [1.165, 1.54) is 17.0 Å². The summed E-state index contributed by atoms with van der Waals surface area (Å²) in [5.41, 5.74) is 0. The molecule has 78 valence electrons. The van der Waals surface area contributed by atoms with Gasteiger partial charge in [0.25, 0.3) is 0 Å². The van der Waals surface area contributed by atoms with Crippen LogP contribution in [0.5, 0.6) is 0 Å². The molecular weight excluding hydrogens is 263 g/mol. The summed E-state index contributed by atoms with van der Waals surface area (Å²) >= 11 is 0. The molecule has 0 aliphatic rings. The van der Waals surface area contributed by atoms with E-state index < -0.39 is 18.5 Å². The Labute approximate surface area is 89.1 Å². The number of halogens is 4. The van der Waals surface area contributed by atoms with Crippen molar-refractivity contribution in [1.82, 2.24) is 0 Å². The highest BCUT2D eigenvalue weighted by Crippen LogP contribution is 2.15. The van der Waals surface area contributed by atoms with E-state index in [1.807, 2.05) is 0 Å². The first-order valence-electron chi connectivity index (χ1n) is 3.54. The lowest BCUT2D eigenvalue weighted by atomic mass is 10.3. The van der Waals surface area contributed by atoms with Gasteiger partial charge in [-0.05, 0) is 0 Å². The fraction of sp³-hybridized carbons (Fsp3) is 0.250. The second kappa shape index (κ2) is 5.09. The molecule has 1 rings (SSSR count). The van der Waals surface area contributed by atoms with Gasteiger partial charge in [0.15, 0.2) is 12.4 Å². The van der Waals surface area contributed by atoms with E-state index in [-0.39, 0.29) is 17.0 Å². The van der Waals surface area contributed by atoms with Crippen LogP contribution < -0.4 is 21.5 Å². The van der Waals surface area contributed by atoms with Gasteiger partial charge in [-0.2, -0.15) is 17.7 Å². The maximum absolute atomic E-state index is 11.8. The number of Topliss-reactive ketones (excluding diaryl/α,β-unsaturated/α-hetero) is 1. The Morgan fingerprint density at radius 2 is 1.64 bits per heavy atom. The third-order valence-electron chi connectivity index (χ3n) is 1.42. The quantitative estimate of drug-likeness (QED) is 0.576. The number of pyridine rings is 1. The zero-order chi connectivity index (χ0) is 9.90. The first-order chi connectivity index (χ1) is 6.00. The van der Waals surface area contributed by atoms with Crippen LogP contribution in [0.2, 0.25) is 0 Å². The third kappa shape index (κ3) is 3.87. The maximum Gasteiger partial charge on any atom is 0.456 e. The monoisotopic (exact) mass is 269 g/mol. The number of hydrogen-bond acceptors (Lipinski definition) is 1. The van der Waals surface area contributed by atoms with Crippen molar-refractivity contribution in [2.45, 2.75) is 12.7 Å². The Hall–Kier alpha value is -0.910. The predicted molar refractivity (Wildman–Crippen MR) is 37.7 cm³/mol. The topological polar surface area (TPSA) is 20.9 Å². The summed E-state index contributed by atoms with van der Waals surface area (Å²) in [5, 5.41) is 0. The molecule has 0 radical (unpaired) electrons. The van der Waals surface area contributed by atoms with Crippen LogP contribution >= 0.6 is 0 Å². The summed E-state index contributed by atoms with van der Waals surface area (Å²) in [6, 6.07) is 4.78. The van der Waals surface area contributed by atoms with Crippen molar-refractivity contribution in [1.29, 1.82) is 0 Å². The number of carbonyl (C=O) groups excluding carboxylic acids is 1. The Morgan fingerprint density at radius 3 is 2.07 bits per heavy atom. The van der Waals surface area contributed by atoms with Crippen molar-refractivity contribution < 1.29 is 39.5 Å². The van der Waals surface area contributed by atoms with Crippen LogP contribution in [0.3, 0.4) is 0 Å². The van der Waals surface area contributed by atoms with Crippen molar-refractivity contribution in [3.63, 3.8) is 0 Å². The van der Waals surface area contributed by atoms with Gasteiger partial charge in [-0.1, -0.05) is 6.07 Å². The highest BCUT2D eigenvalue weighted by Gasteiger charge is 2.40. The van der Waals surface area contributed by atoms with Crippen LogP contribution in [0, 0.1) is 0 Å². The smallest absolute Gasteiger partial charge is 0.456 e. The summed E-state index contributed by atoms with van der Waals surface area (Å²) in [4.78, 5) is 10.5. The van der Waals surface area contributed by atoms with E-state index >= 15 is 0 Å². The molecule has 0 aliphatic carbocycles. The minimum Gasteiger partial charge on any atom is -1.00 e. The molecular formula is C8H7BrF3NO. The summed E-state index contributed by atoms with van der Waals surface area (Å²) in [6.07, 6.45) is -1.93. The number of alkyl halides is 3. The average Bonchev–Trinajstić information content (AvgIpc) is 2.04. The van der Waals surface area contributed by atoms with Crippen molar-refractivity contribution in [3.05, 3.63) is 30.6 Å². The number of aromatic nitrogens is 1. The third-order valence-corrected chi connectivity index (χ3v) is 1.42.